The third-order valence-corrected chi connectivity index (χ3v) is 2.42. The van der Waals surface area contributed by atoms with E-state index in [1.165, 1.54) is 0 Å². The Morgan fingerprint density at radius 3 is 3.08 bits per heavy atom. The maximum Gasteiger partial charge on any atom is 0.148 e. The minimum atomic E-state index is 0.294. The van der Waals surface area contributed by atoms with E-state index in [9.17, 15) is 0 Å². The van der Waals surface area contributed by atoms with Crippen molar-refractivity contribution < 1.29 is 4.74 Å². The lowest BCUT2D eigenvalue weighted by atomic mass is 10.1. The second-order valence-corrected chi connectivity index (χ2v) is 3.49. The third-order valence-electron chi connectivity index (χ3n) is 2.42. The van der Waals surface area contributed by atoms with Crippen molar-refractivity contribution in [3.63, 3.8) is 0 Å². The molecule has 72 valence electrons. The van der Waals surface area contributed by atoms with Gasteiger partial charge in [-0.3, -0.25) is 4.68 Å². The van der Waals surface area contributed by atoms with Crippen molar-refractivity contribution in [3.05, 3.63) is 12.3 Å². The summed E-state index contributed by atoms with van der Waals surface area (Å²) in [5, 5.41) is 7.61. The summed E-state index contributed by atoms with van der Waals surface area (Å²) in [4.78, 5) is 0. The summed E-state index contributed by atoms with van der Waals surface area (Å²) in [6, 6.07) is 2.39. The first-order valence-electron chi connectivity index (χ1n) is 4.63. The van der Waals surface area contributed by atoms with E-state index in [1.54, 1.807) is 4.68 Å². The number of aryl methyl sites for hydroxylation is 1. The van der Waals surface area contributed by atoms with Gasteiger partial charge in [-0.15, -0.1) is 0 Å². The summed E-state index contributed by atoms with van der Waals surface area (Å²) in [6.45, 7) is 2.94. The zero-order valence-corrected chi connectivity index (χ0v) is 8.03. The molecule has 0 saturated carbocycles. The SMILES string of the molecule is C[C@H]1OCC[C@H]1Nc1ccn(C)n1. The van der Waals surface area contributed by atoms with E-state index in [0.29, 0.717) is 12.1 Å². The van der Waals surface area contributed by atoms with E-state index in [-0.39, 0.29) is 0 Å². The van der Waals surface area contributed by atoms with Gasteiger partial charge in [0, 0.05) is 25.9 Å². The summed E-state index contributed by atoms with van der Waals surface area (Å²) >= 11 is 0. The Morgan fingerprint density at radius 1 is 1.69 bits per heavy atom. The van der Waals surface area contributed by atoms with Crippen LogP contribution in [0, 0.1) is 0 Å². The molecule has 13 heavy (non-hydrogen) atoms. The molecule has 1 aliphatic rings. The third kappa shape index (κ3) is 1.83. The molecule has 1 saturated heterocycles. The molecule has 1 aromatic heterocycles. The molecule has 0 bridgehead atoms. The second kappa shape index (κ2) is 3.38. The van der Waals surface area contributed by atoms with Gasteiger partial charge in [0.2, 0.25) is 0 Å². The molecule has 2 rings (SSSR count). The molecular formula is C9H15N3O. The van der Waals surface area contributed by atoms with Crippen LogP contribution < -0.4 is 5.32 Å². The first-order chi connectivity index (χ1) is 6.25. The average Bonchev–Trinajstić information content (AvgIpc) is 2.64. The first kappa shape index (κ1) is 8.56. The first-order valence-corrected chi connectivity index (χ1v) is 4.63. The van der Waals surface area contributed by atoms with Gasteiger partial charge in [0.15, 0.2) is 0 Å². The Bertz CT molecular complexity index is 284. The number of ether oxygens (including phenoxy) is 1. The van der Waals surface area contributed by atoms with Gasteiger partial charge in [0.1, 0.15) is 5.82 Å². The van der Waals surface area contributed by atoms with Crippen molar-refractivity contribution in [3.8, 4) is 0 Å². The van der Waals surface area contributed by atoms with Crippen molar-refractivity contribution in [1.82, 2.24) is 9.78 Å². The summed E-state index contributed by atoms with van der Waals surface area (Å²) in [5.41, 5.74) is 0. The van der Waals surface area contributed by atoms with Crippen molar-refractivity contribution in [2.45, 2.75) is 25.5 Å². The molecule has 1 aliphatic heterocycles. The highest BCUT2D eigenvalue weighted by molar-refractivity contribution is 5.34. The molecule has 0 radical (unpaired) electrons. The number of hydrogen-bond donors (Lipinski definition) is 1. The summed E-state index contributed by atoms with van der Waals surface area (Å²) in [6.07, 6.45) is 3.29. The largest absolute Gasteiger partial charge is 0.376 e. The van der Waals surface area contributed by atoms with Crippen LogP contribution in [0.2, 0.25) is 0 Å². The van der Waals surface area contributed by atoms with Crippen LogP contribution in [0.4, 0.5) is 5.82 Å². The van der Waals surface area contributed by atoms with Crippen LogP contribution in [-0.4, -0.2) is 28.5 Å². The maximum atomic E-state index is 5.45. The van der Waals surface area contributed by atoms with Gasteiger partial charge in [-0.05, 0) is 13.3 Å². The molecule has 1 aromatic rings. The van der Waals surface area contributed by atoms with E-state index < -0.39 is 0 Å². The minimum absolute atomic E-state index is 0.294. The van der Waals surface area contributed by atoms with E-state index in [1.807, 2.05) is 19.3 Å². The van der Waals surface area contributed by atoms with Crippen LogP contribution in [-0.2, 0) is 11.8 Å². The molecule has 4 nitrogen and oxygen atoms in total. The monoisotopic (exact) mass is 181 g/mol. The Balaban J connectivity index is 1.97. The number of nitrogens with zero attached hydrogens (tertiary/aromatic N) is 2. The molecule has 4 heteroatoms. The lowest BCUT2D eigenvalue weighted by Crippen LogP contribution is -2.26. The molecule has 2 heterocycles. The molecule has 2 atom stereocenters. The van der Waals surface area contributed by atoms with Crippen LogP contribution in [0.1, 0.15) is 13.3 Å². The summed E-state index contributed by atoms with van der Waals surface area (Å²) in [5.74, 6) is 0.935. The van der Waals surface area contributed by atoms with Gasteiger partial charge in [-0.25, -0.2) is 0 Å². The fourth-order valence-electron chi connectivity index (χ4n) is 1.60. The van der Waals surface area contributed by atoms with Gasteiger partial charge in [0.05, 0.1) is 12.1 Å². The highest BCUT2D eigenvalue weighted by atomic mass is 16.5. The second-order valence-electron chi connectivity index (χ2n) is 3.49. The van der Waals surface area contributed by atoms with Crippen molar-refractivity contribution >= 4 is 5.82 Å². The summed E-state index contributed by atoms with van der Waals surface area (Å²) in [7, 11) is 1.92. The number of hydrogen-bond acceptors (Lipinski definition) is 3. The molecule has 0 spiro atoms. The topological polar surface area (TPSA) is 39.1 Å². The van der Waals surface area contributed by atoms with Gasteiger partial charge in [0.25, 0.3) is 0 Å². The average molecular weight is 181 g/mol. The predicted molar refractivity (Wildman–Crippen MR) is 50.6 cm³/mol. The number of aromatic nitrogens is 2. The predicted octanol–water partition coefficient (Wildman–Crippen LogP) is 1.01. The van der Waals surface area contributed by atoms with Crippen molar-refractivity contribution in [2.24, 2.45) is 7.05 Å². The standard InChI is InChI=1S/C9H15N3O/c1-7-8(4-6-13-7)10-9-3-5-12(2)11-9/h3,5,7-8H,4,6H2,1-2H3,(H,10,11)/t7-,8-/m1/s1. The van der Waals surface area contributed by atoms with Gasteiger partial charge in [-0.1, -0.05) is 0 Å². The van der Waals surface area contributed by atoms with Crippen molar-refractivity contribution in [2.75, 3.05) is 11.9 Å². The van der Waals surface area contributed by atoms with Gasteiger partial charge in [-0.2, -0.15) is 5.10 Å². The Kier molecular flexibility index (Phi) is 2.22. The fraction of sp³-hybridized carbons (Fsp3) is 0.667. The van der Waals surface area contributed by atoms with Crippen LogP contribution >= 0.6 is 0 Å². The Hall–Kier alpha value is -1.03. The molecule has 0 unspecified atom stereocenters. The number of nitrogens with one attached hydrogen (secondary N) is 1. The molecule has 1 N–H and O–H groups in total. The Morgan fingerprint density at radius 2 is 2.54 bits per heavy atom. The Labute approximate surface area is 77.9 Å². The van der Waals surface area contributed by atoms with Crippen LogP contribution in [0.25, 0.3) is 0 Å². The van der Waals surface area contributed by atoms with Gasteiger partial charge >= 0.3 is 0 Å². The van der Waals surface area contributed by atoms with E-state index in [2.05, 4.69) is 17.3 Å². The van der Waals surface area contributed by atoms with Crippen LogP contribution in [0.5, 0.6) is 0 Å². The van der Waals surface area contributed by atoms with E-state index in [4.69, 9.17) is 4.74 Å². The normalized spacial score (nSPS) is 27.8. The van der Waals surface area contributed by atoms with Crippen molar-refractivity contribution in [1.29, 1.82) is 0 Å². The zero-order valence-electron chi connectivity index (χ0n) is 8.03. The minimum Gasteiger partial charge on any atom is -0.376 e. The number of anilines is 1. The number of rotatable bonds is 2. The zero-order chi connectivity index (χ0) is 9.26. The lowest BCUT2D eigenvalue weighted by Gasteiger charge is -2.14. The quantitative estimate of drug-likeness (QED) is 0.740. The summed E-state index contributed by atoms with van der Waals surface area (Å²) < 4.78 is 7.24. The fourth-order valence-corrected chi connectivity index (χ4v) is 1.60. The lowest BCUT2D eigenvalue weighted by molar-refractivity contribution is 0.121. The maximum absolute atomic E-state index is 5.45. The molecular weight excluding hydrogens is 166 g/mol. The van der Waals surface area contributed by atoms with Crippen LogP contribution in [0.3, 0.4) is 0 Å². The van der Waals surface area contributed by atoms with Gasteiger partial charge < -0.3 is 10.1 Å². The molecule has 0 aliphatic carbocycles. The highest BCUT2D eigenvalue weighted by Crippen LogP contribution is 2.17. The van der Waals surface area contributed by atoms with E-state index >= 15 is 0 Å². The van der Waals surface area contributed by atoms with Crippen LogP contribution in [0.15, 0.2) is 12.3 Å². The smallest absolute Gasteiger partial charge is 0.148 e. The molecule has 0 aromatic carbocycles. The molecule has 0 amide bonds. The highest BCUT2D eigenvalue weighted by Gasteiger charge is 2.24. The van der Waals surface area contributed by atoms with E-state index in [0.717, 1.165) is 18.8 Å². The molecule has 1 fully saturated rings.